The first-order valence-electron chi connectivity index (χ1n) is 8.33. The molecule has 148 valence electrons. The van der Waals surface area contributed by atoms with E-state index >= 15 is 0 Å². The van der Waals surface area contributed by atoms with Crippen molar-refractivity contribution >= 4 is 40.5 Å². The Morgan fingerprint density at radius 2 is 1.93 bits per heavy atom. The van der Waals surface area contributed by atoms with Crippen LogP contribution in [0, 0.1) is 0 Å². The molecule has 0 fully saturated rings. The Balaban J connectivity index is 1.99. The molecule has 1 N–H and O–H groups in total. The maximum atomic E-state index is 12.5. The molecule has 1 amide bonds. The summed E-state index contributed by atoms with van der Waals surface area (Å²) in [4.78, 5) is 36.5. The van der Waals surface area contributed by atoms with Crippen molar-refractivity contribution in [3.63, 3.8) is 0 Å². The lowest BCUT2D eigenvalue weighted by Crippen LogP contribution is -2.39. The Morgan fingerprint density at radius 3 is 2.59 bits per heavy atom. The summed E-state index contributed by atoms with van der Waals surface area (Å²) in [7, 11) is 0. The third-order valence-electron chi connectivity index (χ3n) is 3.18. The van der Waals surface area contributed by atoms with Crippen molar-refractivity contribution in [2.75, 3.05) is 19.1 Å². The Labute approximate surface area is 166 Å². The number of carbonyl (C=O) groups excluding carboxylic acids is 3. The molecular formula is C18H23NO6S2. The van der Waals surface area contributed by atoms with Crippen molar-refractivity contribution in [1.82, 2.24) is 5.32 Å². The van der Waals surface area contributed by atoms with Crippen LogP contribution in [0.15, 0.2) is 23.1 Å². The van der Waals surface area contributed by atoms with E-state index < -0.39 is 16.8 Å². The van der Waals surface area contributed by atoms with Gasteiger partial charge in [-0.15, -0.1) is 11.8 Å². The molecule has 1 atom stereocenters. The number of esters is 1. The van der Waals surface area contributed by atoms with E-state index in [0.717, 1.165) is 16.7 Å². The lowest BCUT2D eigenvalue weighted by Gasteiger charge is -2.20. The van der Waals surface area contributed by atoms with Gasteiger partial charge in [0.1, 0.15) is 12.1 Å². The van der Waals surface area contributed by atoms with Crippen molar-refractivity contribution < 1.29 is 28.6 Å². The van der Waals surface area contributed by atoms with Crippen LogP contribution in [0.4, 0.5) is 0 Å². The molecule has 9 heteroatoms. The Morgan fingerprint density at radius 1 is 1.22 bits per heavy atom. The molecule has 0 saturated carbocycles. The van der Waals surface area contributed by atoms with Crippen molar-refractivity contribution in [2.24, 2.45) is 0 Å². The first-order chi connectivity index (χ1) is 12.6. The number of ether oxygens (including phenoxy) is 3. The van der Waals surface area contributed by atoms with Gasteiger partial charge in [-0.25, -0.2) is 0 Å². The molecule has 0 radical (unpaired) electrons. The molecule has 1 aromatic rings. The molecule has 1 aliphatic heterocycles. The molecular weight excluding hydrogens is 390 g/mol. The zero-order valence-electron chi connectivity index (χ0n) is 15.7. The minimum Gasteiger partial charge on any atom is -0.459 e. The minimum atomic E-state index is -0.618. The number of nitrogens with one attached hydrogen (secondary N) is 1. The number of rotatable bonds is 7. The molecule has 7 nitrogen and oxygen atoms in total. The highest BCUT2D eigenvalue weighted by Crippen LogP contribution is 2.37. The number of carbonyl (C=O) groups is 3. The molecule has 0 aromatic heterocycles. The highest BCUT2D eigenvalue weighted by molar-refractivity contribution is 8.14. The quantitative estimate of drug-likeness (QED) is 0.539. The second-order valence-corrected chi connectivity index (χ2v) is 9.20. The van der Waals surface area contributed by atoms with Crippen LogP contribution in [-0.4, -0.2) is 46.9 Å². The van der Waals surface area contributed by atoms with E-state index in [9.17, 15) is 14.4 Å². The minimum absolute atomic E-state index is 0.0776. The van der Waals surface area contributed by atoms with Crippen LogP contribution in [0.2, 0.25) is 0 Å². The molecule has 1 heterocycles. The van der Waals surface area contributed by atoms with E-state index in [-0.39, 0.29) is 30.1 Å². The summed E-state index contributed by atoms with van der Waals surface area (Å²) >= 11 is 2.36. The monoisotopic (exact) mass is 413 g/mol. The van der Waals surface area contributed by atoms with Gasteiger partial charge in [0.15, 0.2) is 16.6 Å². The lowest BCUT2D eigenvalue weighted by molar-refractivity contribution is -0.154. The van der Waals surface area contributed by atoms with Crippen LogP contribution in [0.1, 0.15) is 27.7 Å². The first-order valence-corrected chi connectivity index (χ1v) is 10.2. The molecule has 2 rings (SSSR count). The summed E-state index contributed by atoms with van der Waals surface area (Å²) in [5.41, 5.74) is -0.618. The van der Waals surface area contributed by atoms with E-state index in [0.29, 0.717) is 11.5 Å². The molecule has 0 bridgehead atoms. The van der Waals surface area contributed by atoms with Crippen LogP contribution in [0.3, 0.4) is 0 Å². The summed E-state index contributed by atoms with van der Waals surface area (Å²) in [6.45, 7) is 6.67. The van der Waals surface area contributed by atoms with Crippen LogP contribution in [0.5, 0.6) is 11.5 Å². The number of amides is 1. The summed E-state index contributed by atoms with van der Waals surface area (Å²) < 4.78 is 15.8. The van der Waals surface area contributed by atoms with Crippen LogP contribution >= 0.6 is 23.5 Å². The van der Waals surface area contributed by atoms with Gasteiger partial charge in [0, 0.05) is 17.6 Å². The highest BCUT2D eigenvalue weighted by Gasteiger charge is 2.24. The molecule has 0 aliphatic carbocycles. The number of benzene rings is 1. The lowest BCUT2D eigenvalue weighted by atomic mass is 10.2. The Hall–Kier alpha value is -1.87. The summed E-state index contributed by atoms with van der Waals surface area (Å²) in [5.74, 6) is 0.712. The van der Waals surface area contributed by atoms with Gasteiger partial charge in [-0.05, 0) is 39.0 Å². The summed E-state index contributed by atoms with van der Waals surface area (Å²) in [6.07, 6.45) is 0. The number of hydrogen-bond donors (Lipinski definition) is 1. The van der Waals surface area contributed by atoms with Gasteiger partial charge >= 0.3 is 5.97 Å². The van der Waals surface area contributed by atoms with E-state index in [1.54, 1.807) is 32.9 Å². The zero-order valence-corrected chi connectivity index (χ0v) is 17.3. The standard InChI is InChI=1S/C18H23NO6S2/c1-11(20)26-9-15(17(22)19-8-16(21)25-18(2,3)4)27-12-5-6-13-14(7-12)24-10-23-13/h5-7,15H,8-10H2,1-4H3,(H,19,22). The van der Waals surface area contributed by atoms with E-state index in [1.165, 1.54) is 18.7 Å². The van der Waals surface area contributed by atoms with Gasteiger partial charge in [0.05, 0.1) is 5.25 Å². The van der Waals surface area contributed by atoms with Gasteiger partial charge < -0.3 is 19.5 Å². The highest BCUT2D eigenvalue weighted by atomic mass is 32.2. The topological polar surface area (TPSA) is 90.9 Å². The van der Waals surface area contributed by atoms with Crippen molar-refractivity contribution in [3.05, 3.63) is 18.2 Å². The van der Waals surface area contributed by atoms with Crippen molar-refractivity contribution in [1.29, 1.82) is 0 Å². The molecule has 0 saturated heterocycles. The molecule has 27 heavy (non-hydrogen) atoms. The first kappa shape index (κ1) is 21.4. The molecule has 1 aromatic carbocycles. The number of fused-ring (bicyclic) bond motifs is 1. The SMILES string of the molecule is CC(=O)SCC(Sc1ccc2c(c1)OCO2)C(=O)NCC(=O)OC(C)(C)C. The molecule has 0 spiro atoms. The predicted octanol–water partition coefficient (Wildman–Crippen LogP) is 2.61. The maximum absolute atomic E-state index is 12.5. The smallest absolute Gasteiger partial charge is 0.325 e. The van der Waals surface area contributed by atoms with E-state index in [2.05, 4.69) is 5.32 Å². The normalized spacial score (nSPS) is 13.8. The third-order valence-corrected chi connectivity index (χ3v) is 5.49. The zero-order chi connectivity index (χ0) is 20.0. The van der Waals surface area contributed by atoms with Gasteiger partial charge in [-0.2, -0.15) is 0 Å². The second kappa shape index (κ2) is 9.36. The molecule has 1 unspecified atom stereocenters. The Kier molecular flexibility index (Phi) is 7.43. The van der Waals surface area contributed by atoms with E-state index in [1.807, 2.05) is 6.07 Å². The fourth-order valence-corrected chi connectivity index (χ4v) is 3.98. The number of hydrogen-bond acceptors (Lipinski definition) is 8. The third kappa shape index (κ3) is 7.34. The van der Waals surface area contributed by atoms with E-state index in [4.69, 9.17) is 14.2 Å². The largest absolute Gasteiger partial charge is 0.459 e. The number of thioether (sulfide) groups is 2. The van der Waals surface area contributed by atoms with Gasteiger partial charge in [0.2, 0.25) is 12.7 Å². The average Bonchev–Trinajstić information content (AvgIpc) is 3.02. The van der Waals surface area contributed by atoms with Gasteiger partial charge in [-0.1, -0.05) is 11.8 Å². The molecule has 1 aliphatic rings. The van der Waals surface area contributed by atoms with Gasteiger partial charge in [-0.3, -0.25) is 14.4 Å². The van der Waals surface area contributed by atoms with Crippen LogP contribution < -0.4 is 14.8 Å². The Bertz CT molecular complexity index is 716. The van der Waals surface area contributed by atoms with Crippen LogP contribution in [0.25, 0.3) is 0 Å². The van der Waals surface area contributed by atoms with Crippen molar-refractivity contribution in [2.45, 2.75) is 43.4 Å². The van der Waals surface area contributed by atoms with Gasteiger partial charge in [0.25, 0.3) is 0 Å². The van der Waals surface area contributed by atoms with Crippen LogP contribution in [-0.2, 0) is 19.1 Å². The fraction of sp³-hybridized carbons (Fsp3) is 0.500. The summed E-state index contributed by atoms with van der Waals surface area (Å²) in [6, 6.07) is 5.39. The summed E-state index contributed by atoms with van der Waals surface area (Å²) in [5, 5.41) is 1.95. The second-order valence-electron chi connectivity index (χ2n) is 6.73. The fourth-order valence-electron chi connectivity index (χ4n) is 2.12. The predicted molar refractivity (Wildman–Crippen MR) is 104 cm³/mol. The average molecular weight is 414 g/mol. The van der Waals surface area contributed by atoms with Crippen molar-refractivity contribution in [3.8, 4) is 11.5 Å². The maximum Gasteiger partial charge on any atom is 0.325 e.